The Labute approximate surface area is 241 Å². The maximum Gasteiger partial charge on any atom is 0.231 e. The molecular weight excluding hydrogens is 580 g/mol. The van der Waals surface area contributed by atoms with Crippen LogP contribution in [-0.4, -0.2) is 121 Å². The molecule has 9 N–H and O–H groups in total. The van der Waals surface area contributed by atoms with Gasteiger partial charge in [0, 0.05) is 23.8 Å². The van der Waals surface area contributed by atoms with E-state index < -0.39 is 79.4 Å². The molecule has 16 heteroatoms. The predicted octanol–water partition coefficient (Wildman–Crippen LogP) is -2.16. The molecule has 0 bridgehead atoms. The third-order valence-electron chi connectivity index (χ3n) is 7.14. The van der Waals surface area contributed by atoms with Gasteiger partial charge in [0.15, 0.2) is 29.5 Å². The van der Waals surface area contributed by atoms with Crippen LogP contribution >= 0.6 is 0 Å². The van der Waals surface area contributed by atoms with Gasteiger partial charge in [-0.15, -0.1) is 0 Å². The second-order valence-corrected chi connectivity index (χ2v) is 9.97. The van der Waals surface area contributed by atoms with Crippen LogP contribution in [-0.2, 0) is 14.2 Å². The lowest BCUT2D eigenvalue weighted by Gasteiger charge is -2.44. The highest BCUT2D eigenvalue weighted by atomic mass is 16.8. The Bertz CT molecular complexity index is 1510. The number of aliphatic hydroxyl groups is 7. The van der Waals surface area contributed by atoms with Crippen molar-refractivity contribution >= 4 is 11.0 Å². The van der Waals surface area contributed by atoms with Gasteiger partial charge in [0.2, 0.25) is 6.29 Å². The monoisotopic (exact) mass is 610 g/mol. The quantitative estimate of drug-likeness (QED) is 0.138. The van der Waals surface area contributed by atoms with E-state index in [1.807, 2.05) is 0 Å². The fraction of sp³-hybridized carbons (Fsp3) is 0.444. The van der Waals surface area contributed by atoms with Crippen LogP contribution in [0.3, 0.4) is 0 Å². The van der Waals surface area contributed by atoms with Crippen LogP contribution in [0.1, 0.15) is 0 Å². The van der Waals surface area contributed by atoms with Crippen molar-refractivity contribution < 1.29 is 74.1 Å². The topological polar surface area (TPSA) is 258 Å². The highest BCUT2D eigenvalue weighted by Crippen LogP contribution is 2.36. The number of rotatable bonds is 7. The Morgan fingerprint density at radius 1 is 0.767 bits per heavy atom. The molecule has 0 spiro atoms. The zero-order chi connectivity index (χ0) is 31.2. The van der Waals surface area contributed by atoms with Crippen molar-refractivity contribution in [3.05, 3.63) is 46.6 Å². The lowest BCUT2D eigenvalue weighted by Crippen LogP contribution is -2.64. The first-order valence-corrected chi connectivity index (χ1v) is 12.9. The molecule has 16 nitrogen and oxygen atoms in total. The average molecular weight is 611 g/mol. The Balaban J connectivity index is 1.41. The number of aromatic hydroxyl groups is 2. The Hall–Kier alpha value is -3.55. The standard InChI is InChI=1S/C27H30O16/c1-38-15-4-9(2-3-11(15)29)14-7-13(31)18-12(30)5-10(6-16(18)40-14)39-25-23(36)21(34)24(37)27(42-25)43-26-22(35)20(33)19(32)17(8-28)41-26/h2-7,17,19-30,32-37H,8H2,1H3/t17-,19-,20+,21-,22-,23-,24-,25-,26-,27+/m1/s1. The van der Waals surface area contributed by atoms with Gasteiger partial charge in [-0.25, -0.2) is 0 Å². The van der Waals surface area contributed by atoms with Gasteiger partial charge >= 0.3 is 0 Å². The van der Waals surface area contributed by atoms with Gasteiger partial charge in [-0.05, 0) is 18.2 Å². The molecule has 0 radical (unpaired) electrons. The molecule has 3 aromatic rings. The molecule has 3 heterocycles. The summed E-state index contributed by atoms with van der Waals surface area (Å²) < 4.78 is 32.6. The van der Waals surface area contributed by atoms with E-state index in [4.69, 9.17) is 28.1 Å². The van der Waals surface area contributed by atoms with Crippen LogP contribution < -0.4 is 14.9 Å². The summed E-state index contributed by atoms with van der Waals surface area (Å²) >= 11 is 0. The molecule has 0 saturated carbocycles. The van der Waals surface area contributed by atoms with Gasteiger partial charge in [0.05, 0.1) is 13.7 Å². The molecule has 5 rings (SSSR count). The molecule has 2 saturated heterocycles. The summed E-state index contributed by atoms with van der Waals surface area (Å²) in [6.07, 6.45) is -17.8. The molecule has 2 aliphatic heterocycles. The van der Waals surface area contributed by atoms with Crippen LogP contribution in [0.15, 0.2) is 45.6 Å². The van der Waals surface area contributed by atoms with E-state index in [0.29, 0.717) is 5.56 Å². The number of aliphatic hydroxyl groups excluding tert-OH is 7. The van der Waals surface area contributed by atoms with E-state index in [2.05, 4.69) is 0 Å². The molecule has 0 unspecified atom stereocenters. The fourth-order valence-corrected chi connectivity index (χ4v) is 4.76. The van der Waals surface area contributed by atoms with Crippen LogP contribution in [0, 0.1) is 0 Å². The van der Waals surface area contributed by atoms with Crippen molar-refractivity contribution in [2.75, 3.05) is 13.7 Å². The van der Waals surface area contributed by atoms with E-state index in [-0.39, 0.29) is 34.0 Å². The Morgan fingerprint density at radius 2 is 1.42 bits per heavy atom. The van der Waals surface area contributed by atoms with Crippen LogP contribution in [0.2, 0.25) is 0 Å². The van der Waals surface area contributed by atoms with E-state index >= 15 is 0 Å². The summed E-state index contributed by atoms with van der Waals surface area (Å²) in [5, 5.41) is 91.2. The lowest BCUT2D eigenvalue weighted by atomic mass is 9.99. The lowest BCUT2D eigenvalue weighted by molar-refractivity contribution is -0.390. The van der Waals surface area contributed by atoms with Crippen molar-refractivity contribution in [2.45, 2.75) is 61.6 Å². The summed E-state index contributed by atoms with van der Waals surface area (Å²) in [5.74, 6) is -0.753. The number of hydrogen-bond donors (Lipinski definition) is 9. The molecule has 1 aromatic heterocycles. The number of fused-ring (bicyclic) bond motifs is 1. The molecule has 2 fully saturated rings. The Kier molecular flexibility index (Phi) is 8.77. The SMILES string of the molecule is COc1cc(-c2cc(=O)c3c(O)cc(O[C@@H]4O[C@@H](O[C@H]5O[C@H](CO)[C@@H](O)[C@H](O)[C@H]5O)[C@H](O)[C@H](O)[C@H]4O)cc3o2)ccc1O. The number of phenols is 2. The second kappa shape index (κ2) is 12.2. The van der Waals surface area contributed by atoms with Crippen molar-refractivity contribution in [1.82, 2.24) is 0 Å². The number of benzene rings is 2. The number of ether oxygens (including phenoxy) is 5. The van der Waals surface area contributed by atoms with Gasteiger partial charge in [-0.2, -0.15) is 0 Å². The number of hydrogen-bond acceptors (Lipinski definition) is 16. The van der Waals surface area contributed by atoms with Gasteiger partial charge in [-0.3, -0.25) is 4.79 Å². The normalized spacial score (nSPS) is 32.9. The molecule has 0 amide bonds. The minimum absolute atomic E-state index is 0.0489. The molecule has 0 aliphatic carbocycles. The molecule has 10 atom stereocenters. The van der Waals surface area contributed by atoms with Crippen molar-refractivity contribution in [3.8, 4) is 34.3 Å². The zero-order valence-electron chi connectivity index (χ0n) is 22.3. The minimum Gasteiger partial charge on any atom is -0.507 e. The Morgan fingerprint density at radius 3 is 2.09 bits per heavy atom. The highest BCUT2D eigenvalue weighted by molar-refractivity contribution is 5.86. The molecule has 2 aromatic carbocycles. The van der Waals surface area contributed by atoms with Crippen LogP contribution in [0.5, 0.6) is 23.0 Å². The van der Waals surface area contributed by atoms with E-state index in [1.165, 1.54) is 31.4 Å². The second-order valence-electron chi connectivity index (χ2n) is 9.97. The third-order valence-corrected chi connectivity index (χ3v) is 7.14. The van der Waals surface area contributed by atoms with Crippen LogP contribution in [0.25, 0.3) is 22.3 Å². The summed E-state index contributed by atoms with van der Waals surface area (Å²) in [6, 6.07) is 7.56. The fourth-order valence-electron chi connectivity index (χ4n) is 4.76. The summed E-state index contributed by atoms with van der Waals surface area (Å²) in [7, 11) is 1.34. The largest absolute Gasteiger partial charge is 0.507 e. The summed E-state index contributed by atoms with van der Waals surface area (Å²) in [4.78, 5) is 12.8. The molecule has 234 valence electrons. The summed E-state index contributed by atoms with van der Waals surface area (Å²) in [6.45, 7) is -0.754. The minimum atomic E-state index is -1.93. The number of methoxy groups -OCH3 is 1. The maximum absolute atomic E-state index is 12.8. The maximum atomic E-state index is 12.8. The first-order chi connectivity index (χ1) is 20.4. The van der Waals surface area contributed by atoms with Crippen molar-refractivity contribution in [3.63, 3.8) is 0 Å². The van der Waals surface area contributed by atoms with Crippen LogP contribution in [0.4, 0.5) is 0 Å². The summed E-state index contributed by atoms with van der Waals surface area (Å²) in [5.41, 5.74) is -0.409. The number of phenolic OH excluding ortho intramolecular Hbond substituents is 2. The van der Waals surface area contributed by atoms with E-state index in [0.717, 1.165) is 12.1 Å². The first kappa shape index (κ1) is 30.9. The molecule has 2 aliphatic rings. The van der Waals surface area contributed by atoms with E-state index in [1.54, 1.807) is 0 Å². The van der Waals surface area contributed by atoms with Gasteiger partial charge in [0.25, 0.3) is 0 Å². The molecular formula is C27H30O16. The highest BCUT2D eigenvalue weighted by Gasteiger charge is 2.50. The van der Waals surface area contributed by atoms with Gasteiger partial charge in [0.1, 0.15) is 71.0 Å². The van der Waals surface area contributed by atoms with Gasteiger partial charge in [-0.1, -0.05) is 0 Å². The zero-order valence-corrected chi connectivity index (χ0v) is 22.3. The van der Waals surface area contributed by atoms with E-state index in [9.17, 15) is 50.8 Å². The third kappa shape index (κ3) is 5.85. The average Bonchev–Trinajstić information content (AvgIpc) is 2.98. The smallest absolute Gasteiger partial charge is 0.231 e. The van der Waals surface area contributed by atoms with Crippen molar-refractivity contribution in [1.29, 1.82) is 0 Å². The first-order valence-electron chi connectivity index (χ1n) is 12.9. The molecule has 43 heavy (non-hydrogen) atoms. The van der Waals surface area contributed by atoms with Gasteiger partial charge < -0.3 is 74.1 Å². The predicted molar refractivity (Wildman–Crippen MR) is 140 cm³/mol. The van der Waals surface area contributed by atoms with Crippen molar-refractivity contribution in [2.24, 2.45) is 0 Å².